The SMILES string of the molecule is CNCc1cnc(N(Cc2cccs2)C2CC2)c(Cl)c1. The Hall–Kier alpha value is -1.10. The molecular weight excluding hydrogens is 290 g/mol. The zero-order valence-electron chi connectivity index (χ0n) is 11.5. The molecule has 0 saturated heterocycles. The summed E-state index contributed by atoms with van der Waals surface area (Å²) in [6.07, 6.45) is 4.39. The first kappa shape index (κ1) is 13.9. The summed E-state index contributed by atoms with van der Waals surface area (Å²) in [4.78, 5) is 8.30. The fraction of sp³-hybridized carbons (Fsp3) is 0.400. The minimum atomic E-state index is 0.595. The maximum Gasteiger partial charge on any atom is 0.147 e. The summed E-state index contributed by atoms with van der Waals surface area (Å²) in [7, 11) is 1.93. The lowest BCUT2D eigenvalue weighted by atomic mass is 10.2. The van der Waals surface area contributed by atoms with Crippen molar-refractivity contribution in [3.63, 3.8) is 0 Å². The Morgan fingerprint density at radius 1 is 1.50 bits per heavy atom. The van der Waals surface area contributed by atoms with Gasteiger partial charge in [0.25, 0.3) is 0 Å². The molecule has 0 atom stereocenters. The summed E-state index contributed by atoms with van der Waals surface area (Å²) in [5, 5.41) is 5.99. The molecule has 0 aromatic carbocycles. The second-order valence-electron chi connectivity index (χ2n) is 5.12. The average molecular weight is 308 g/mol. The minimum absolute atomic E-state index is 0.595. The van der Waals surface area contributed by atoms with E-state index in [0.717, 1.165) is 29.5 Å². The molecule has 0 amide bonds. The largest absolute Gasteiger partial charge is 0.347 e. The molecule has 3 rings (SSSR count). The third-order valence-corrected chi connectivity index (χ3v) is 4.56. The molecule has 3 nitrogen and oxygen atoms in total. The number of nitrogens with one attached hydrogen (secondary N) is 1. The first-order valence-corrected chi connectivity index (χ1v) is 8.11. The number of pyridine rings is 1. The number of nitrogens with zero attached hydrogens (tertiary/aromatic N) is 2. The molecule has 0 spiro atoms. The number of rotatable bonds is 6. The topological polar surface area (TPSA) is 28.2 Å². The fourth-order valence-corrected chi connectivity index (χ4v) is 3.32. The number of halogens is 1. The van der Waals surface area contributed by atoms with E-state index in [9.17, 15) is 0 Å². The Kier molecular flexibility index (Phi) is 4.24. The highest BCUT2D eigenvalue weighted by Crippen LogP contribution is 2.36. The van der Waals surface area contributed by atoms with E-state index < -0.39 is 0 Å². The smallest absolute Gasteiger partial charge is 0.147 e. The number of hydrogen-bond donors (Lipinski definition) is 1. The van der Waals surface area contributed by atoms with E-state index in [-0.39, 0.29) is 0 Å². The lowest BCUT2D eigenvalue weighted by molar-refractivity contribution is 0.778. The zero-order chi connectivity index (χ0) is 13.9. The highest BCUT2D eigenvalue weighted by molar-refractivity contribution is 7.09. The fourth-order valence-electron chi connectivity index (χ4n) is 2.32. The predicted octanol–water partition coefficient (Wildman–Crippen LogP) is 3.68. The van der Waals surface area contributed by atoms with Gasteiger partial charge in [-0.05, 0) is 43.0 Å². The first-order chi connectivity index (χ1) is 9.78. The summed E-state index contributed by atoms with van der Waals surface area (Å²) in [6.45, 7) is 1.70. The van der Waals surface area contributed by atoms with Gasteiger partial charge in [0.2, 0.25) is 0 Å². The predicted molar refractivity (Wildman–Crippen MR) is 85.5 cm³/mol. The van der Waals surface area contributed by atoms with Crippen molar-refractivity contribution >= 4 is 28.8 Å². The lowest BCUT2D eigenvalue weighted by Gasteiger charge is -2.24. The molecule has 1 aliphatic carbocycles. The van der Waals surface area contributed by atoms with Gasteiger partial charge in [0.15, 0.2) is 0 Å². The molecule has 0 radical (unpaired) electrons. The van der Waals surface area contributed by atoms with E-state index >= 15 is 0 Å². The number of anilines is 1. The minimum Gasteiger partial charge on any atom is -0.347 e. The van der Waals surface area contributed by atoms with E-state index in [0.29, 0.717) is 6.04 Å². The van der Waals surface area contributed by atoms with Gasteiger partial charge >= 0.3 is 0 Å². The summed E-state index contributed by atoms with van der Waals surface area (Å²) >= 11 is 8.23. The standard InChI is InChI=1S/C15H18ClN3S/c1-17-8-11-7-14(16)15(18-9-11)19(12-4-5-12)10-13-3-2-6-20-13/h2-3,6-7,9,12,17H,4-5,8,10H2,1H3. The van der Waals surface area contributed by atoms with Crippen molar-refractivity contribution in [2.24, 2.45) is 0 Å². The van der Waals surface area contributed by atoms with Crippen molar-refractivity contribution in [1.82, 2.24) is 10.3 Å². The highest BCUT2D eigenvalue weighted by Gasteiger charge is 2.31. The first-order valence-electron chi connectivity index (χ1n) is 6.86. The molecule has 5 heteroatoms. The van der Waals surface area contributed by atoms with Crippen LogP contribution in [-0.2, 0) is 13.1 Å². The van der Waals surface area contributed by atoms with Gasteiger partial charge in [-0.1, -0.05) is 17.7 Å². The van der Waals surface area contributed by atoms with Crippen molar-refractivity contribution in [1.29, 1.82) is 0 Å². The van der Waals surface area contributed by atoms with Crippen LogP contribution in [0.25, 0.3) is 0 Å². The van der Waals surface area contributed by atoms with Gasteiger partial charge in [-0.15, -0.1) is 11.3 Å². The molecular formula is C15H18ClN3S. The molecule has 0 bridgehead atoms. The van der Waals surface area contributed by atoms with Crippen LogP contribution >= 0.6 is 22.9 Å². The second kappa shape index (κ2) is 6.12. The molecule has 106 valence electrons. The maximum absolute atomic E-state index is 6.44. The molecule has 0 unspecified atom stereocenters. The number of aromatic nitrogens is 1. The van der Waals surface area contributed by atoms with E-state index in [4.69, 9.17) is 11.6 Å². The van der Waals surface area contributed by atoms with E-state index in [1.54, 1.807) is 11.3 Å². The molecule has 0 aliphatic heterocycles. The van der Waals surface area contributed by atoms with Crippen LogP contribution in [0.3, 0.4) is 0 Å². The van der Waals surface area contributed by atoms with E-state index in [1.165, 1.54) is 17.7 Å². The molecule has 1 N–H and O–H groups in total. The molecule has 2 heterocycles. The maximum atomic E-state index is 6.44. The Bertz CT molecular complexity index is 567. The lowest BCUT2D eigenvalue weighted by Crippen LogP contribution is -2.26. The van der Waals surface area contributed by atoms with Gasteiger partial charge in [-0.3, -0.25) is 0 Å². The van der Waals surface area contributed by atoms with Crippen molar-refractivity contribution < 1.29 is 0 Å². The van der Waals surface area contributed by atoms with Gasteiger partial charge in [-0.2, -0.15) is 0 Å². The van der Waals surface area contributed by atoms with Crippen LogP contribution in [-0.4, -0.2) is 18.1 Å². The monoisotopic (exact) mass is 307 g/mol. The summed E-state index contributed by atoms with van der Waals surface area (Å²) in [5.41, 5.74) is 1.12. The summed E-state index contributed by atoms with van der Waals surface area (Å²) in [5.74, 6) is 0.919. The van der Waals surface area contributed by atoms with Crippen LogP contribution in [0.4, 0.5) is 5.82 Å². The molecule has 2 aromatic rings. The Balaban J connectivity index is 1.83. The Labute approximate surface area is 128 Å². The highest BCUT2D eigenvalue weighted by atomic mass is 35.5. The van der Waals surface area contributed by atoms with E-state index in [2.05, 4.69) is 32.7 Å². The van der Waals surface area contributed by atoms with Gasteiger partial charge in [0.1, 0.15) is 5.82 Å². The third kappa shape index (κ3) is 3.14. The van der Waals surface area contributed by atoms with Crippen LogP contribution < -0.4 is 10.2 Å². The molecule has 1 fully saturated rings. The number of thiophene rings is 1. The third-order valence-electron chi connectivity index (χ3n) is 3.43. The van der Waals surface area contributed by atoms with Crippen LogP contribution in [0.2, 0.25) is 5.02 Å². The van der Waals surface area contributed by atoms with Gasteiger partial charge in [0, 0.05) is 23.7 Å². The van der Waals surface area contributed by atoms with Gasteiger partial charge in [-0.25, -0.2) is 4.98 Å². The van der Waals surface area contributed by atoms with Gasteiger partial charge in [0.05, 0.1) is 11.6 Å². The van der Waals surface area contributed by atoms with Crippen LogP contribution in [0, 0.1) is 0 Å². The van der Waals surface area contributed by atoms with Crippen molar-refractivity contribution in [3.05, 3.63) is 45.2 Å². The van der Waals surface area contributed by atoms with Crippen molar-refractivity contribution in [3.8, 4) is 0 Å². The Morgan fingerprint density at radius 2 is 2.35 bits per heavy atom. The quantitative estimate of drug-likeness (QED) is 0.882. The normalized spacial score (nSPS) is 14.5. The van der Waals surface area contributed by atoms with E-state index in [1.807, 2.05) is 19.3 Å². The Morgan fingerprint density at radius 3 is 2.95 bits per heavy atom. The number of hydrogen-bond acceptors (Lipinski definition) is 4. The van der Waals surface area contributed by atoms with Crippen molar-refractivity contribution in [2.75, 3.05) is 11.9 Å². The van der Waals surface area contributed by atoms with Crippen LogP contribution in [0.15, 0.2) is 29.8 Å². The molecule has 20 heavy (non-hydrogen) atoms. The second-order valence-corrected chi connectivity index (χ2v) is 6.56. The van der Waals surface area contributed by atoms with Crippen LogP contribution in [0.5, 0.6) is 0 Å². The van der Waals surface area contributed by atoms with Crippen LogP contribution in [0.1, 0.15) is 23.3 Å². The molecule has 1 saturated carbocycles. The summed E-state index contributed by atoms with van der Waals surface area (Å²) < 4.78 is 0. The zero-order valence-corrected chi connectivity index (χ0v) is 13.0. The summed E-state index contributed by atoms with van der Waals surface area (Å²) in [6, 6.07) is 6.88. The average Bonchev–Trinajstić information content (AvgIpc) is 3.15. The van der Waals surface area contributed by atoms with Gasteiger partial charge < -0.3 is 10.2 Å². The molecule has 2 aromatic heterocycles. The molecule has 1 aliphatic rings. The van der Waals surface area contributed by atoms with Crippen molar-refractivity contribution in [2.45, 2.75) is 32.0 Å².